The molecular formula is C26H31N3O5. The van der Waals surface area contributed by atoms with E-state index in [0.717, 1.165) is 11.3 Å². The number of hydrogen-bond donors (Lipinski definition) is 2. The molecule has 0 fully saturated rings. The lowest BCUT2D eigenvalue weighted by Crippen LogP contribution is -2.37. The van der Waals surface area contributed by atoms with E-state index in [-0.39, 0.29) is 18.0 Å². The summed E-state index contributed by atoms with van der Waals surface area (Å²) in [6.07, 6.45) is 0.389. The van der Waals surface area contributed by atoms with Crippen LogP contribution in [-0.2, 0) is 4.79 Å². The molecule has 0 saturated carbocycles. The first kappa shape index (κ1) is 24.8. The molecule has 0 unspecified atom stereocenters. The van der Waals surface area contributed by atoms with E-state index in [9.17, 15) is 14.7 Å². The van der Waals surface area contributed by atoms with Gasteiger partial charge in [-0.05, 0) is 49.6 Å². The van der Waals surface area contributed by atoms with Gasteiger partial charge in [0.15, 0.2) is 5.69 Å². The smallest absolute Gasteiger partial charge is 0.305 e. The van der Waals surface area contributed by atoms with E-state index in [1.807, 2.05) is 63.2 Å². The summed E-state index contributed by atoms with van der Waals surface area (Å²) < 4.78 is 12.8. The van der Waals surface area contributed by atoms with Crippen LogP contribution >= 0.6 is 0 Å². The summed E-state index contributed by atoms with van der Waals surface area (Å²) >= 11 is 0. The largest absolute Gasteiger partial charge is 0.496 e. The van der Waals surface area contributed by atoms with Crippen LogP contribution in [0.15, 0.2) is 48.5 Å². The number of aliphatic carboxylic acids is 1. The maximum Gasteiger partial charge on any atom is 0.305 e. The Morgan fingerprint density at radius 1 is 1.06 bits per heavy atom. The second-order valence-electron chi connectivity index (χ2n) is 8.60. The summed E-state index contributed by atoms with van der Waals surface area (Å²) in [5.74, 6) is -0.0297. The molecule has 0 aliphatic heterocycles. The fourth-order valence-corrected chi connectivity index (χ4v) is 3.89. The van der Waals surface area contributed by atoms with Crippen LogP contribution in [0.1, 0.15) is 42.7 Å². The monoisotopic (exact) mass is 465 g/mol. The number of carbonyl (C=O) groups excluding carboxylic acids is 1. The van der Waals surface area contributed by atoms with Crippen LogP contribution in [-0.4, -0.2) is 47.0 Å². The predicted molar refractivity (Wildman–Crippen MR) is 130 cm³/mol. The lowest BCUT2D eigenvalue weighted by molar-refractivity contribution is -0.137. The van der Waals surface area contributed by atoms with Gasteiger partial charge in [-0.15, -0.1) is 0 Å². The second kappa shape index (κ2) is 10.9. The molecule has 2 aromatic carbocycles. The Morgan fingerprint density at radius 2 is 1.68 bits per heavy atom. The number of benzene rings is 2. The molecule has 2 N–H and O–H groups in total. The zero-order chi connectivity index (χ0) is 24.8. The van der Waals surface area contributed by atoms with Gasteiger partial charge in [-0.1, -0.05) is 37.6 Å². The van der Waals surface area contributed by atoms with Gasteiger partial charge in [-0.25, -0.2) is 4.68 Å². The van der Waals surface area contributed by atoms with Gasteiger partial charge in [0, 0.05) is 6.04 Å². The number of nitrogens with one attached hydrogen (secondary N) is 1. The lowest BCUT2D eigenvalue weighted by atomic mass is 10.0. The Labute approximate surface area is 199 Å². The van der Waals surface area contributed by atoms with Crippen LogP contribution in [0.25, 0.3) is 16.9 Å². The second-order valence-corrected chi connectivity index (χ2v) is 8.60. The van der Waals surface area contributed by atoms with E-state index in [1.54, 1.807) is 25.0 Å². The molecule has 0 saturated heterocycles. The number of ether oxygens (including phenoxy) is 2. The van der Waals surface area contributed by atoms with Crippen molar-refractivity contribution in [1.29, 1.82) is 0 Å². The third kappa shape index (κ3) is 5.75. The van der Waals surface area contributed by atoms with E-state index >= 15 is 0 Å². The van der Waals surface area contributed by atoms with Crippen LogP contribution < -0.4 is 14.8 Å². The van der Waals surface area contributed by atoms with E-state index in [1.165, 1.54) is 0 Å². The summed E-state index contributed by atoms with van der Waals surface area (Å²) in [5, 5.41) is 16.7. The number of nitrogens with zero attached hydrogens (tertiary/aromatic N) is 2. The molecule has 0 radical (unpaired) electrons. The zero-order valence-corrected chi connectivity index (χ0v) is 20.2. The number of amides is 1. The van der Waals surface area contributed by atoms with Crippen LogP contribution in [0.2, 0.25) is 0 Å². The molecule has 0 spiro atoms. The fourth-order valence-electron chi connectivity index (χ4n) is 3.89. The van der Waals surface area contributed by atoms with Crippen molar-refractivity contribution < 1.29 is 24.2 Å². The van der Waals surface area contributed by atoms with Crippen molar-refractivity contribution in [2.75, 3.05) is 14.2 Å². The Balaban J connectivity index is 2.10. The normalized spacial score (nSPS) is 11.8. The number of carboxylic acids is 1. The number of carbonyl (C=O) groups is 2. The zero-order valence-electron chi connectivity index (χ0n) is 20.2. The molecule has 3 aromatic rings. The highest BCUT2D eigenvalue weighted by atomic mass is 16.5. The number of rotatable bonds is 10. The molecule has 1 atom stereocenters. The highest BCUT2D eigenvalue weighted by Gasteiger charge is 2.24. The molecule has 1 heterocycles. The van der Waals surface area contributed by atoms with Gasteiger partial charge in [0.05, 0.1) is 37.6 Å². The molecular weight excluding hydrogens is 434 g/mol. The molecule has 3 rings (SSSR count). The maximum absolute atomic E-state index is 13.2. The van der Waals surface area contributed by atoms with Crippen molar-refractivity contribution in [2.45, 2.75) is 39.7 Å². The first-order valence-electron chi connectivity index (χ1n) is 11.1. The van der Waals surface area contributed by atoms with Crippen LogP contribution in [0.4, 0.5) is 0 Å². The van der Waals surface area contributed by atoms with Crippen molar-refractivity contribution in [1.82, 2.24) is 15.1 Å². The number of methoxy groups -OCH3 is 2. The van der Waals surface area contributed by atoms with Gasteiger partial charge in [0.1, 0.15) is 11.5 Å². The summed E-state index contributed by atoms with van der Waals surface area (Å²) in [6, 6.07) is 14.4. The minimum absolute atomic E-state index is 0.157. The van der Waals surface area contributed by atoms with Gasteiger partial charge in [-0.2, -0.15) is 5.10 Å². The van der Waals surface area contributed by atoms with E-state index < -0.39 is 17.9 Å². The molecule has 1 amide bonds. The summed E-state index contributed by atoms with van der Waals surface area (Å²) in [5.41, 5.74) is 3.29. The summed E-state index contributed by atoms with van der Waals surface area (Å²) in [6.45, 7) is 5.96. The molecule has 0 aliphatic rings. The van der Waals surface area contributed by atoms with Crippen LogP contribution in [0.3, 0.4) is 0 Å². The average molecular weight is 466 g/mol. The van der Waals surface area contributed by atoms with Crippen molar-refractivity contribution in [3.05, 3.63) is 59.8 Å². The van der Waals surface area contributed by atoms with E-state index in [2.05, 4.69) is 10.4 Å². The average Bonchev–Trinajstić information content (AvgIpc) is 3.23. The molecule has 34 heavy (non-hydrogen) atoms. The van der Waals surface area contributed by atoms with Crippen molar-refractivity contribution in [3.8, 4) is 28.4 Å². The highest BCUT2D eigenvalue weighted by Crippen LogP contribution is 2.39. The number of aromatic nitrogens is 2. The SMILES string of the molecule is COc1cccc(OC)c1-c1cc(C(=O)N[C@H](CC(=O)O)CC(C)C)nn1-c1ccc(C)cc1. The topological polar surface area (TPSA) is 103 Å². The Morgan fingerprint density at radius 3 is 2.21 bits per heavy atom. The molecule has 0 bridgehead atoms. The van der Waals surface area contributed by atoms with Crippen LogP contribution in [0.5, 0.6) is 11.5 Å². The first-order chi connectivity index (χ1) is 16.2. The van der Waals surface area contributed by atoms with Crippen molar-refractivity contribution >= 4 is 11.9 Å². The van der Waals surface area contributed by atoms with Crippen LogP contribution in [0, 0.1) is 12.8 Å². The highest BCUT2D eigenvalue weighted by molar-refractivity contribution is 5.94. The minimum Gasteiger partial charge on any atom is -0.496 e. The third-order valence-corrected chi connectivity index (χ3v) is 5.42. The standard InChI is InChI=1S/C26H31N3O5/c1-16(2)13-18(14-24(30)31)27-26(32)20-15-21(25-22(33-4)7-6-8-23(25)34-5)29(28-20)19-11-9-17(3)10-12-19/h6-12,15-16,18H,13-14H2,1-5H3,(H,27,32)(H,30,31)/t18-/m0/s1. The molecule has 180 valence electrons. The van der Waals surface area contributed by atoms with Gasteiger partial charge in [0.25, 0.3) is 5.91 Å². The fraction of sp³-hybridized carbons (Fsp3) is 0.346. The molecule has 8 heteroatoms. The van der Waals surface area contributed by atoms with Gasteiger partial charge < -0.3 is 19.9 Å². The number of hydrogen-bond acceptors (Lipinski definition) is 5. The van der Waals surface area contributed by atoms with Gasteiger partial charge >= 0.3 is 5.97 Å². The van der Waals surface area contributed by atoms with Gasteiger partial charge in [-0.3, -0.25) is 9.59 Å². The van der Waals surface area contributed by atoms with Gasteiger partial charge in [0.2, 0.25) is 0 Å². The van der Waals surface area contributed by atoms with Crippen molar-refractivity contribution in [2.24, 2.45) is 5.92 Å². The third-order valence-electron chi connectivity index (χ3n) is 5.42. The van der Waals surface area contributed by atoms with E-state index in [4.69, 9.17) is 9.47 Å². The minimum atomic E-state index is -0.962. The molecule has 0 aliphatic carbocycles. The maximum atomic E-state index is 13.2. The lowest BCUT2D eigenvalue weighted by Gasteiger charge is -2.18. The number of carboxylic acid groups (broad SMARTS) is 1. The summed E-state index contributed by atoms with van der Waals surface area (Å²) in [7, 11) is 3.14. The Kier molecular flexibility index (Phi) is 7.94. The Hall–Kier alpha value is -3.81. The molecule has 1 aromatic heterocycles. The van der Waals surface area contributed by atoms with E-state index in [0.29, 0.717) is 29.2 Å². The first-order valence-corrected chi connectivity index (χ1v) is 11.1. The number of aryl methyl sites for hydroxylation is 1. The predicted octanol–water partition coefficient (Wildman–Crippen LogP) is 4.48. The summed E-state index contributed by atoms with van der Waals surface area (Å²) in [4.78, 5) is 24.5. The van der Waals surface area contributed by atoms with Crippen molar-refractivity contribution in [3.63, 3.8) is 0 Å². The molecule has 8 nitrogen and oxygen atoms in total. The Bertz CT molecular complexity index is 1130. The quantitative estimate of drug-likeness (QED) is 0.458.